The Bertz CT molecular complexity index is 779. The predicted molar refractivity (Wildman–Crippen MR) is 113 cm³/mol. The molecule has 1 fully saturated rings. The van der Waals surface area contributed by atoms with Crippen LogP contribution in [0.3, 0.4) is 0 Å². The Kier molecular flexibility index (Phi) is 8.42. The molecule has 0 atom stereocenters. The van der Waals surface area contributed by atoms with Gasteiger partial charge in [0, 0.05) is 25.3 Å². The molecule has 6 nitrogen and oxygen atoms in total. The Labute approximate surface area is 172 Å². The van der Waals surface area contributed by atoms with Crippen LogP contribution in [0, 0.1) is 0 Å². The largest absolute Gasteiger partial charge is 0.497 e. The van der Waals surface area contributed by atoms with Crippen LogP contribution in [0.4, 0.5) is 11.4 Å². The van der Waals surface area contributed by atoms with E-state index >= 15 is 0 Å². The highest BCUT2D eigenvalue weighted by Gasteiger charge is 2.20. The van der Waals surface area contributed by atoms with E-state index < -0.39 is 0 Å². The Morgan fingerprint density at radius 1 is 1.18 bits per heavy atom. The highest BCUT2D eigenvalue weighted by Crippen LogP contribution is 2.26. The van der Waals surface area contributed by atoms with E-state index in [1.165, 1.54) is 0 Å². The number of nitrogens with zero attached hydrogens (tertiary/aromatic N) is 1. The molecule has 0 aliphatic carbocycles. The second kappa shape index (κ2) is 10.8. The lowest BCUT2D eigenvalue weighted by molar-refractivity contribution is 0.0526. The van der Waals surface area contributed by atoms with Crippen LogP contribution in [-0.2, 0) is 16.0 Å². The number of methoxy groups -OCH3 is 1. The Morgan fingerprint density at radius 2 is 1.96 bits per heavy atom. The van der Waals surface area contributed by atoms with Crippen molar-refractivity contribution < 1.29 is 19.0 Å². The first-order valence-corrected chi connectivity index (χ1v) is 9.22. The van der Waals surface area contributed by atoms with E-state index in [2.05, 4.69) is 10.2 Å². The molecule has 0 spiro atoms. The fraction of sp³-hybridized carbons (Fsp3) is 0.381. The SMILES string of the molecule is CCOC(=O)c1cc(NCc2cccc(OC)c2)ccc1N1CCOCC1.Cl. The fourth-order valence-electron chi connectivity index (χ4n) is 3.08. The molecule has 0 amide bonds. The van der Waals surface area contributed by atoms with Gasteiger partial charge in [-0.2, -0.15) is 0 Å². The molecule has 1 heterocycles. The fourth-order valence-corrected chi connectivity index (χ4v) is 3.08. The zero-order valence-electron chi connectivity index (χ0n) is 16.3. The smallest absolute Gasteiger partial charge is 0.340 e. The van der Waals surface area contributed by atoms with Crippen LogP contribution in [0.2, 0.25) is 0 Å². The highest BCUT2D eigenvalue weighted by molar-refractivity contribution is 5.97. The van der Waals surface area contributed by atoms with Gasteiger partial charge < -0.3 is 24.4 Å². The summed E-state index contributed by atoms with van der Waals surface area (Å²) in [5.74, 6) is 0.521. The Morgan fingerprint density at radius 3 is 2.68 bits per heavy atom. The normalized spacial score (nSPS) is 13.4. The minimum absolute atomic E-state index is 0. The first kappa shape index (κ1) is 21.9. The van der Waals surface area contributed by atoms with Crippen molar-refractivity contribution in [1.29, 1.82) is 0 Å². The van der Waals surface area contributed by atoms with Crippen LogP contribution in [0.5, 0.6) is 5.75 Å². The molecule has 0 radical (unpaired) electrons. The van der Waals surface area contributed by atoms with E-state index in [0.717, 1.165) is 35.8 Å². The standard InChI is InChI=1S/C21H26N2O4.ClH/c1-3-27-21(24)19-14-17(7-8-20(19)23-9-11-26-12-10-23)22-15-16-5-4-6-18(13-16)25-2;/h4-8,13-14,22H,3,9-12,15H2,1-2H3;1H. The number of carbonyl (C=O) groups is 1. The molecule has 0 saturated carbocycles. The molecule has 1 N–H and O–H groups in total. The van der Waals surface area contributed by atoms with Crippen LogP contribution in [0.25, 0.3) is 0 Å². The number of esters is 1. The maximum Gasteiger partial charge on any atom is 0.340 e. The van der Waals surface area contributed by atoms with Crippen LogP contribution in [-0.4, -0.2) is 46.0 Å². The number of carbonyl (C=O) groups excluding carboxylic acids is 1. The van der Waals surface area contributed by atoms with Crippen molar-refractivity contribution in [1.82, 2.24) is 0 Å². The van der Waals surface area contributed by atoms with Gasteiger partial charge in [0.05, 0.1) is 38.2 Å². The molecule has 0 aromatic heterocycles. The lowest BCUT2D eigenvalue weighted by Crippen LogP contribution is -2.37. The van der Waals surface area contributed by atoms with Crippen LogP contribution in [0.15, 0.2) is 42.5 Å². The lowest BCUT2D eigenvalue weighted by atomic mass is 10.1. The number of ether oxygens (including phenoxy) is 3. The highest BCUT2D eigenvalue weighted by atomic mass is 35.5. The number of hydrogen-bond acceptors (Lipinski definition) is 6. The quantitative estimate of drug-likeness (QED) is 0.707. The van der Waals surface area contributed by atoms with Crippen molar-refractivity contribution in [2.24, 2.45) is 0 Å². The third kappa shape index (κ3) is 5.53. The van der Waals surface area contributed by atoms with Gasteiger partial charge in [-0.1, -0.05) is 12.1 Å². The average Bonchev–Trinajstić information content (AvgIpc) is 2.73. The minimum Gasteiger partial charge on any atom is -0.497 e. The topological polar surface area (TPSA) is 60.0 Å². The summed E-state index contributed by atoms with van der Waals surface area (Å²) in [6, 6.07) is 13.7. The number of benzene rings is 2. The van der Waals surface area contributed by atoms with Gasteiger partial charge in [0.1, 0.15) is 5.75 Å². The summed E-state index contributed by atoms with van der Waals surface area (Å²) < 4.78 is 15.9. The minimum atomic E-state index is -0.302. The van der Waals surface area contributed by atoms with Gasteiger partial charge >= 0.3 is 5.97 Å². The number of morpholine rings is 1. The third-order valence-electron chi connectivity index (χ3n) is 4.47. The molecular formula is C21H27ClN2O4. The zero-order valence-corrected chi connectivity index (χ0v) is 17.1. The van der Waals surface area contributed by atoms with Crippen LogP contribution in [0.1, 0.15) is 22.8 Å². The van der Waals surface area contributed by atoms with Gasteiger partial charge in [0.25, 0.3) is 0 Å². The van der Waals surface area contributed by atoms with Crippen molar-refractivity contribution in [3.63, 3.8) is 0 Å². The van der Waals surface area contributed by atoms with Gasteiger partial charge in [-0.3, -0.25) is 0 Å². The summed E-state index contributed by atoms with van der Waals surface area (Å²) >= 11 is 0. The molecule has 1 aliphatic heterocycles. The predicted octanol–water partition coefficient (Wildman–Crippen LogP) is 3.74. The molecule has 7 heteroatoms. The van der Waals surface area contributed by atoms with Crippen molar-refractivity contribution in [3.8, 4) is 5.75 Å². The summed E-state index contributed by atoms with van der Waals surface area (Å²) in [6.45, 7) is 5.67. The average molecular weight is 407 g/mol. The summed E-state index contributed by atoms with van der Waals surface area (Å²) in [4.78, 5) is 14.7. The van der Waals surface area contributed by atoms with E-state index in [1.54, 1.807) is 7.11 Å². The zero-order chi connectivity index (χ0) is 19.1. The number of halogens is 1. The number of rotatable bonds is 7. The van der Waals surface area contributed by atoms with Crippen molar-refractivity contribution in [3.05, 3.63) is 53.6 Å². The molecule has 1 aliphatic rings. The second-order valence-corrected chi connectivity index (χ2v) is 6.26. The van der Waals surface area contributed by atoms with Gasteiger partial charge in [-0.15, -0.1) is 12.4 Å². The van der Waals surface area contributed by atoms with E-state index in [0.29, 0.717) is 31.9 Å². The van der Waals surface area contributed by atoms with Crippen molar-refractivity contribution >= 4 is 29.8 Å². The monoisotopic (exact) mass is 406 g/mol. The molecule has 0 bridgehead atoms. The number of nitrogens with one attached hydrogen (secondary N) is 1. The molecule has 2 aromatic rings. The van der Waals surface area contributed by atoms with Crippen LogP contribution < -0.4 is 15.0 Å². The summed E-state index contributed by atoms with van der Waals surface area (Å²) in [7, 11) is 1.66. The molecule has 152 valence electrons. The maximum absolute atomic E-state index is 12.5. The molecule has 1 saturated heterocycles. The van der Waals surface area contributed by atoms with E-state index in [9.17, 15) is 4.79 Å². The first-order valence-electron chi connectivity index (χ1n) is 9.22. The van der Waals surface area contributed by atoms with Crippen LogP contribution >= 0.6 is 12.4 Å². The van der Waals surface area contributed by atoms with Crippen molar-refractivity contribution in [2.75, 3.05) is 50.2 Å². The van der Waals surface area contributed by atoms with Gasteiger partial charge in [0.15, 0.2) is 0 Å². The molecular weight excluding hydrogens is 380 g/mol. The lowest BCUT2D eigenvalue weighted by Gasteiger charge is -2.30. The summed E-state index contributed by atoms with van der Waals surface area (Å²) in [6.07, 6.45) is 0. The maximum atomic E-state index is 12.5. The molecule has 3 rings (SSSR count). The van der Waals surface area contributed by atoms with Gasteiger partial charge in [0.2, 0.25) is 0 Å². The summed E-state index contributed by atoms with van der Waals surface area (Å²) in [5.41, 5.74) is 3.44. The summed E-state index contributed by atoms with van der Waals surface area (Å²) in [5, 5.41) is 3.37. The second-order valence-electron chi connectivity index (χ2n) is 6.26. The van der Waals surface area contributed by atoms with Gasteiger partial charge in [-0.05, 0) is 42.8 Å². The Hall–Kier alpha value is -2.44. The number of anilines is 2. The van der Waals surface area contributed by atoms with E-state index in [1.807, 2.05) is 49.4 Å². The number of hydrogen-bond donors (Lipinski definition) is 1. The molecule has 2 aromatic carbocycles. The van der Waals surface area contributed by atoms with Gasteiger partial charge in [-0.25, -0.2) is 4.79 Å². The molecule has 28 heavy (non-hydrogen) atoms. The van der Waals surface area contributed by atoms with Crippen molar-refractivity contribution in [2.45, 2.75) is 13.5 Å². The third-order valence-corrected chi connectivity index (χ3v) is 4.47. The van der Waals surface area contributed by atoms with E-state index in [4.69, 9.17) is 14.2 Å². The first-order chi connectivity index (χ1) is 13.2. The van der Waals surface area contributed by atoms with E-state index in [-0.39, 0.29) is 18.4 Å². The molecule has 0 unspecified atom stereocenters. The Balaban J connectivity index is 0.00000280.